The molecule has 4 aliphatic rings. The number of hydrogen-bond acceptors (Lipinski definition) is 3. The van der Waals surface area contributed by atoms with Crippen molar-refractivity contribution in [3.05, 3.63) is 11.6 Å². The van der Waals surface area contributed by atoms with Crippen LogP contribution in [-0.2, 0) is 9.59 Å². The number of allylic oxidation sites excluding steroid dienone is 1. The first kappa shape index (κ1) is 16.5. The number of ketones is 2. The van der Waals surface area contributed by atoms with E-state index < -0.39 is 5.60 Å². The first-order chi connectivity index (χ1) is 11.2. The second-order valence-electron chi connectivity index (χ2n) is 9.38. The molecule has 0 amide bonds. The van der Waals surface area contributed by atoms with Crippen molar-refractivity contribution in [1.82, 2.24) is 0 Å². The van der Waals surface area contributed by atoms with Crippen LogP contribution in [0.2, 0.25) is 0 Å². The summed E-state index contributed by atoms with van der Waals surface area (Å²) in [5.41, 5.74) is 0.155. The number of rotatable bonds is 1. The fraction of sp³-hybridized carbons (Fsp3) is 0.810. The molecule has 132 valence electrons. The van der Waals surface area contributed by atoms with Gasteiger partial charge in [0.2, 0.25) is 0 Å². The summed E-state index contributed by atoms with van der Waals surface area (Å²) >= 11 is 0. The zero-order valence-electron chi connectivity index (χ0n) is 15.2. The van der Waals surface area contributed by atoms with Crippen LogP contribution in [0.5, 0.6) is 0 Å². The van der Waals surface area contributed by atoms with Gasteiger partial charge in [-0.3, -0.25) is 9.59 Å². The van der Waals surface area contributed by atoms with Crippen molar-refractivity contribution in [2.45, 2.75) is 77.7 Å². The smallest absolute Gasteiger partial charge is 0.161 e. The van der Waals surface area contributed by atoms with Crippen molar-refractivity contribution in [2.24, 2.45) is 28.6 Å². The van der Waals surface area contributed by atoms with E-state index in [4.69, 9.17) is 0 Å². The highest BCUT2D eigenvalue weighted by atomic mass is 16.3. The Morgan fingerprint density at radius 1 is 1.08 bits per heavy atom. The van der Waals surface area contributed by atoms with Gasteiger partial charge in [-0.25, -0.2) is 0 Å². The summed E-state index contributed by atoms with van der Waals surface area (Å²) in [4.78, 5) is 24.1. The molecule has 1 N–H and O–H groups in total. The SMILES string of the molecule is CC(=O)[C@@]1(O)CC[C@@H]2[C@@H]3CCC4=CC(=O)CC[C@@]4(C)[C@H]3CC[C@]21C. The summed E-state index contributed by atoms with van der Waals surface area (Å²) in [6, 6.07) is 0. The molecule has 0 aromatic carbocycles. The average Bonchev–Trinajstić information content (AvgIpc) is 2.81. The van der Waals surface area contributed by atoms with Crippen molar-refractivity contribution in [1.29, 1.82) is 0 Å². The monoisotopic (exact) mass is 330 g/mol. The summed E-state index contributed by atoms with van der Waals surface area (Å²) in [5, 5.41) is 11.1. The normalized spacial score (nSPS) is 50.6. The van der Waals surface area contributed by atoms with Crippen LogP contribution in [0.4, 0.5) is 0 Å². The van der Waals surface area contributed by atoms with Crippen LogP contribution in [0.15, 0.2) is 11.6 Å². The topological polar surface area (TPSA) is 54.4 Å². The highest BCUT2D eigenvalue weighted by Crippen LogP contribution is 2.67. The van der Waals surface area contributed by atoms with Gasteiger partial charge in [-0.05, 0) is 81.1 Å². The van der Waals surface area contributed by atoms with Gasteiger partial charge >= 0.3 is 0 Å². The highest BCUT2D eigenvalue weighted by molar-refractivity contribution is 5.91. The lowest BCUT2D eigenvalue weighted by Crippen LogP contribution is -2.57. The van der Waals surface area contributed by atoms with E-state index in [1.165, 1.54) is 5.57 Å². The number of Topliss-reactive ketones (excluding diaryl/α,β-unsaturated/α-hetero) is 1. The molecule has 0 aromatic heterocycles. The molecule has 24 heavy (non-hydrogen) atoms. The standard InChI is InChI=1S/C21H30O3/c1-13(22)21(24)11-8-18-16-5-4-14-12-15(23)6-9-19(14,2)17(16)7-10-20(18,21)3/h12,16-18,24H,4-11H2,1-3H3/t16-,17+,18-,19-,20-,21+/m1/s1. The Hall–Kier alpha value is -0.960. The number of carbonyl (C=O) groups excluding carboxylic acids is 2. The van der Waals surface area contributed by atoms with Gasteiger partial charge in [-0.1, -0.05) is 19.4 Å². The van der Waals surface area contributed by atoms with Crippen LogP contribution >= 0.6 is 0 Å². The van der Waals surface area contributed by atoms with Crippen molar-refractivity contribution in [2.75, 3.05) is 0 Å². The van der Waals surface area contributed by atoms with Crippen LogP contribution in [-0.4, -0.2) is 22.3 Å². The molecule has 3 fully saturated rings. The maximum absolute atomic E-state index is 12.2. The molecular formula is C21H30O3. The molecule has 0 saturated heterocycles. The van der Waals surface area contributed by atoms with Crippen LogP contribution in [0.1, 0.15) is 72.1 Å². The molecule has 3 saturated carbocycles. The molecule has 4 rings (SSSR count). The van der Waals surface area contributed by atoms with Gasteiger partial charge in [0.1, 0.15) is 5.60 Å². The van der Waals surface area contributed by atoms with E-state index in [1.54, 1.807) is 6.92 Å². The fourth-order valence-electron chi connectivity index (χ4n) is 7.15. The Bertz CT molecular complexity index is 635. The highest BCUT2D eigenvalue weighted by Gasteiger charge is 2.65. The molecule has 4 aliphatic carbocycles. The molecule has 0 aromatic rings. The quantitative estimate of drug-likeness (QED) is 0.795. The third-order valence-corrected chi connectivity index (χ3v) is 8.70. The van der Waals surface area contributed by atoms with Gasteiger partial charge in [0.05, 0.1) is 0 Å². The van der Waals surface area contributed by atoms with Crippen molar-refractivity contribution >= 4 is 11.6 Å². The van der Waals surface area contributed by atoms with Gasteiger partial charge in [0.15, 0.2) is 11.6 Å². The van der Waals surface area contributed by atoms with E-state index in [0.29, 0.717) is 36.4 Å². The van der Waals surface area contributed by atoms with E-state index >= 15 is 0 Å². The molecule has 0 unspecified atom stereocenters. The molecule has 0 aliphatic heterocycles. The van der Waals surface area contributed by atoms with Gasteiger partial charge in [-0.15, -0.1) is 0 Å². The third kappa shape index (κ3) is 1.88. The van der Waals surface area contributed by atoms with Crippen molar-refractivity contribution in [3.63, 3.8) is 0 Å². The Kier molecular flexibility index (Phi) is 3.46. The fourth-order valence-corrected chi connectivity index (χ4v) is 7.15. The van der Waals surface area contributed by atoms with Crippen LogP contribution in [0.25, 0.3) is 0 Å². The maximum atomic E-state index is 12.2. The van der Waals surface area contributed by atoms with Gasteiger partial charge in [-0.2, -0.15) is 0 Å². The first-order valence-electron chi connectivity index (χ1n) is 9.70. The minimum atomic E-state index is -1.12. The van der Waals surface area contributed by atoms with Crippen LogP contribution in [0, 0.1) is 28.6 Å². The molecule has 3 heteroatoms. The van der Waals surface area contributed by atoms with Crippen LogP contribution < -0.4 is 0 Å². The number of carbonyl (C=O) groups is 2. The lowest BCUT2D eigenvalue weighted by molar-refractivity contribution is -0.160. The van der Waals surface area contributed by atoms with Gasteiger partial charge in [0.25, 0.3) is 0 Å². The summed E-state index contributed by atoms with van der Waals surface area (Å²) in [6.45, 7) is 6.10. The first-order valence-corrected chi connectivity index (χ1v) is 9.70. The van der Waals surface area contributed by atoms with Crippen LogP contribution in [0.3, 0.4) is 0 Å². The Labute approximate surface area is 144 Å². The Balaban J connectivity index is 1.70. The zero-order valence-corrected chi connectivity index (χ0v) is 15.2. The second kappa shape index (κ2) is 5.03. The Morgan fingerprint density at radius 2 is 1.79 bits per heavy atom. The number of aliphatic hydroxyl groups is 1. The molecule has 0 spiro atoms. The second-order valence-corrected chi connectivity index (χ2v) is 9.38. The minimum absolute atomic E-state index is 0.0446. The largest absolute Gasteiger partial charge is 0.382 e. The predicted molar refractivity (Wildman–Crippen MR) is 92.3 cm³/mol. The Morgan fingerprint density at radius 3 is 2.50 bits per heavy atom. The molecule has 0 bridgehead atoms. The van der Waals surface area contributed by atoms with Crippen molar-refractivity contribution < 1.29 is 14.7 Å². The number of fused-ring (bicyclic) bond motifs is 5. The minimum Gasteiger partial charge on any atom is -0.382 e. The summed E-state index contributed by atoms with van der Waals surface area (Å²) in [5.74, 6) is 1.90. The van der Waals surface area contributed by atoms with Crippen molar-refractivity contribution in [3.8, 4) is 0 Å². The van der Waals surface area contributed by atoms with E-state index in [1.807, 2.05) is 6.08 Å². The number of hydrogen-bond donors (Lipinski definition) is 1. The third-order valence-electron chi connectivity index (χ3n) is 8.70. The molecule has 0 radical (unpaired) electrons. The average molecular weight is 330 g/mol. The van der Waals surface area contributed by atoms with Gasteiger partial charge < -0.3 is 5.11 Å². The summed E-state index contributed by atoms with van der Waals surface area (Å²) in [7, 11) is 0. The maximum Gasteiger partial charge on any atom is 0.161 e. The molecular weight excluding hydrogens is 300 g/mol. The van der Waals surface area contributed by atoms with E-state index in [2.05, 4.69) is 13.8 Å². The summed E-state index contributed by atoms with van der Waals surface area (Å²) < 4.78 is 0. The lowest BCUT2D eigenvalue weighted by atomic mass is 9.46. The van der Waals surface area contributed by atoms with E-state index in [9.17, 15) is 14.7 Å². The van der Waals surface area contributed by atoms with Gasteiger partial charge in [0, 0.05) is 11.8 Å². The zero-order chi connectivity index (χ0) is 17.3. The lowest BCUT2D eigenvalue weighted by Gasteiger charge is -2.58. The summed E-state index contributed by atoms with van der Waals surface area (Å²) in [6.07, 6.45) is 9.37. The predicted octanol–water partition coefficient (Wildman–Crippen LogP) is 3.84. The molecule has 6 atom stereocenters. The van der Waals surface area contributed by atoms with E-state index in [-0.39, 0.29) is 16.6 Å². The molecule has 0 heterocycles. The van der Waals surface area contributed by atoms with E-state index in [0.717, 1.165) is 38.5 Å². The molecule has 3 nitrogen and oxygen atoms in total.